The average molecular weight is 320 g/mol. The van der Waals surface area contributed by atoms with Crippen LogP contribution in [0, 0.1) is 11.3 Å². The lowest BCUT2D eigenvalue weighted by Gasteiger charge is -2.16. The van der Waals surface area contributed by atoms with E-state index in [1.165, 1.54) is 0 Å². The van der Waals surface area contributed by atoms with E-state index < -0.39 is 0 Å². The smallest absolute Gasteiger partial charge is 0.203 e. The molecule has 0 radical (unpaired) electrons. The Morgan fingerprint density at radius 2 is 1.67 bits per heavy atom. The summed E-state index contributed by atoms with van der Waals surface area (Å²) >= 11 is 0. The molecule has 5 nitrogen and oxygen atoms in total. The van der Waals surface area contributed by atoms with E-state index in [1.807, 2.05) is 36.4 Å². The van der Waals surface area contributed by atoms with Crippen LogP contribution in [0.3, 0.4) is 0 Å². The molecule has 0 amide bonds. The second-order valence-electron chi connectivity index (χ2n) is 5.07. The summed E-state index contributed by atoms with van der Waals surface area (Å²) < 4.78 is 16.2. The van der Waals surface area contributed by atoms with Gasteiger partial charge >= 0.3 is 0 Å². The zero-order valence-electron chi connectivity index (χ0n) is 13.7. The summed E-state index contributed by atoms with van der Waals surface area (Å²) in [6.07, 6.45) is 0. The third-order valence-electron chi connectivity index (χ3n) is 3.80. The number of hydrogen-bond acceptors (Lipinski definition) is 5. The SMILES string of the molecule is COc1ccc(-c2nc3ccccc3cc2C#N)c(OC)c1OC. The molecule has 0 saturated heterocycles. The van der Waals surface area contributed by atoms with E-state index in [4.69, 9.17) is 14.2 Å². The summed E-state index contributed by atoms with van der Waals surface area (Å²) in [4.78, 5) is 4.66. The third-order valence-corrected chi connectivity index (χ3v) is 3.80. The third kappa shape index (κ3) is 2.48. The standard InChI is InChI=1S/C19H16N2O3/c1-22-16-9-8-14(18(23-2)19(16)24-3)17-13(11-20)10-12-6-4-5-7-15(12)21-17/h4-10H,1-3H3. The number of fused-ring (bicyclic) bond motifs is 1. The minimum atomic E-state index is 0.469. The van der Waals surface area contributed by atoms with E-state index in [1.54, 1.807) is 27.4 Å². The molecule has 0 spiro atoms. The number of rotatable bonds is 4. The molecule has 0 bridgehead atoms. The van der Waals surface area contributed by atoms with Gasteiger partial charge in [-0.3, -0.25) is 0 Å². The molecule has 120 valence electrons. The maximum absolute atomic E-state index is 9.54. The summed E-state index contributed by atoms with van der Waals surface area (Å²) in [5.41, 5.74) is 2.51. The molecule has 5 heteroatoms. The van der Waals surface area contributed by atoms with Crippen LogP contribution < -0.4 is 14.2 Å². The Bertz CT molecular complexity index is 945. The minimum absolute atomic E-state index is 0.469. The van der Waals surface area contributed by atoms with Crippen molar-refractivity contribution in [3.63, 3.8) is 0 Å². The van der Waals surface area contributed by atoms with Gasteiger partial charge in [-0.2, -0.15) is 5.26 Å². The molecule has 3 rings (SSSR count). The Balaban J connectivity index is 2.33. The predicted octanol–water partition coefficient (Wildman–Crippen LogP) is 3.80. The van der Waals surface area contributed by atoms with E-state index in [0.717, 1.165) is 10.9 Å². The lowest BCUT2D eigenvalue weighted by molar-refractivity contribution is 0.325. The van der Waals surface area contributed by atoms with Crippen molar-refractivity contribution in [1.82, 2.24) is 4.98 Å². The molecule has 0 unspecified atom stereocenters. The van der Waals surface area contributed by atoms with Crippen LogP contribution in [0.15, 0.2) is 42.5 Å². The van der Waals surface area contributed by atoms with Crippen LogP contribution in [0.4, 0.5) is 0 Å². The topological polar surface area (TPSA) is 64.4 Å². The summed E-state index contributed by atoms with van der Waals surface area (Å²) in [5.74, 6) is 1.50. The molecule has 2 aromatic carbocycles. The van der Waals surface area contributed by atoms with E-state index in [2.05, 4.69) is 11.1 Å². The zero-order valence-corrected chi connectivity index (χ0v) is 13.7. The number of pyridine rings is 1. The van der Waals surface area contributed by atoms with E-state index in [9.17, 15) is 5.26 Å². The molecule has 1 aromatic heterocycles. The van der Waals surface area contributed by atoms with Crippen LogP contribution in [0.2, 0.25) is 0 Å². The van der Waals surface area contributed by atoms with Gasteiger partial charge in [0.25, 0.3) is 0 Å². The lowest BCUT2D eigenvalue weighted by atomic mass is 10.0. The van der Waals surface area contributed by atoms with Crippen molar-refractivity contribution in [3.05, 3.63) is 48.0 Å². The van der Waals surface area contributed by atoms with Gasteiger partial charge in [-0.05, 0) is 24.3 Å². The second-order valence-corrected chi connectivity index (χ2v) is 5.07. The van der Waals surface area contributed by atoms with Crippen LogP contribution in [-0.2, 0) is 0 Å². The van der Waals surface area contributed by atoms with E-state index in [0.29, 0.717) is 34.1 Å². The van der Waals surface area contributed by atoms with Gasteiger partial charge < -0.3 is 14.2 Å². The number of aromatic nitrogens is 1. The first-order chi connectivity index (χ1) is 11.7. The van der Waals surface area contributed by atoms with Gasteiger partial charge in [-0.15, -0.1) is 0 Å². The number of benzene rings is 2. The normalized spacial score (nSPS) is 10.2. The minimum Gasteiger partial charge on any atom is -0.493 e. The largest absolute Gasteiger partial charge is 0.493 e. The van der Waals surface area contributed by atoms with Crippen LogP contribution in [0.25, 0.3) is 22.2 Å². The van der Waals surface area contributed by atoms with Gasteiger partial charge in [0.1, 0.15) is 6.07 Å². The average Bonchev–Trinajstić information content (AvgIpc) is 2.65. The maximum atomic E-state index is 9.54. The molecule has 0 saturated carbocycles. The molecule has 0 aliphatic heterocycles. The number of para-hydroxylation sites is 1. The highest BCUT2D eigenvalue weighted by Crippen LogP contribution is 2.44. The van der Waals surface area contributed by atoms with Crippen LogP contribution >= 0.6 is 0 Å². The molecule has 24 heavy (non-hydrogen) atoms. The van der Waals surface area contributed by atoms with Crippen molar-refractivity contribution in [1.29, 1.82) is 5.26 Å². The highest BCUT2D eigenvalue weighted by Gasteiger charge is 2.20. The van der Waals surface area contributed by atoms with Gasteiger partial charge in [0, 0.05) is 10.9 Å². The van der Waals surface area contributed by atoms with Gasteiger partial charge in [-0.1, -0.05) is 18.2 Å². The highest BCUT2D eigenvalue weighted by atomic mass is 16.5. The van der Waals surface area contributed by atoms with Crippen molar-refractivity contribution in [2.75, 3.05) is 21.3 Å². The zero-order chi connectivity index (χ0) is 17.1. The van der Waals surface area contributed by atoms with Gasteiger partial charge in [0.05, 0.1) is 38.1 Å². The molecule has 0 N–H and O–H groups in total. The number of hydrogen-bond donors (Lipinski definition) is 0. The fourth-order valence-corrected chi connectivity index (χ4v) is 2.69. The molecule has 3 aromatic rings. The molecule has 0 fully saturated rings. The maximum Gasteiger partial charge on any atom is 0.203 e. The highest BCUT2D eigenvalue weighted by molar-refractivity contribution is 5.87. The number of nitriles is 1. The fraction of sp³-hybridized carbons (Fsp3) is 0.158. The van der Waals surface area contributed by atoms with Gasteiger partial charge in [0.15, 0.2) is 11.5 Å². The van der Waals surface area contributed by atoms with Crippen molar-refractivity contribution in [3.8, 4) is 34.6 Å². The first kappa shape index (κ1) is 15.6. The Kier molecular flexibility index (Phi) is 4.21. The lowest BCUT2D eigenvalue weighted by Crippen LogP contribution is -1.99. The first-order valence-electron chi connectivity index (χ1n) is 7.32. The number of nitrogens with zero attached hydrogens (tertiary/aromatic N) is 2. The van der Waals surface area contributed by atoms with Crippen molar-refractivity contribution >= 4 is 10.9 Å². The van der Waals surface area contributed by atoms with Gasteiger partial charge in [0.2, 0.25) is 5.75 Å². The van der Waals surface area contributed by atoms with E-state index in [-0.39, 0.29) is 0 Å². The summed E-state index contributed by atoms with van der Waals surface area (Å²) in [6, 6.07) is 15.3. The van der Waals surface area contributed by atoms with Crippen molar-refractivity contribution in [2.24, 2.45) is 0 Å². The molecular formula is C19H16N2O3. The summed E-state index contributed by atoms with van der Waals surface area (Å²) in [7, 11) is 4.66. The van der Waals surface area contributed by atoms with Crippen molar-refractivity contribution in [2.45, 2.75) is 0 Å². The first-order valence-corrected chi connectivity index (χ1v) is 7.32. The number of methoxy groups -OCH3 is 3. The summed E-state index contributed by atoms with van der Waals surface area (Å²) in [5, 5.41) is 10.5. The Labute approximate surface area is 140 Å². The molecule has 1 heterocycles. The predicted molar refractivity (Wildman–Crippen MR) is 91.6 cm³/mol. The molecule has 0 aliphatic rings. The Hall–Kier alpha value is -3.26. The monoisotopic (exact) mass is 320 g/mol. The fourth-order valence-electron chi connectivity index (χ4n) is 2.69. The van der Waals surface area contributed by atoms with E-state index >= 15 is 0 Å². The molecular weight excluding hydrogens is 304 g/mol. The van der Waals surface area contributed by atoms with Gasteiger partial charge in [-0.25, -0.2) is 4.98 Å². The number of ether oxygens (including phenoxy) is 3. The summed E-state index contributed by atoms with van der Waals surface area (Å²) in [6.45, 7) is 0. The quantitative estimate of drug-likeness (QED) is 0.731. The van der Waals surface area contributed by atoms with Crippen LogP contribution in [0.1, 0.15) is 5.56 Å². The van der Waals surface area contributed by atoms with Crippen molar-refractivity contribution < 1.29 is 14.2 Å². The Morgan fingerprint density at radius 1 is 0.917 bits per heavy atom. The van der Waals surface area contributed by atoms with Crippen LogP contribution in [0.5, 0.6) is 17.2 Å². The molecule has 0 atom stereocenters. The Morgan fingerprint density at radius 3 is 2.33 bits per heavy atom. The molecule has 0 aliphatic carbocycles. The second kappa shape index (κ2) is 6.47. The van der Waals surface area contributed by atoms with Crippen LogP contribution in [-0.4, -0.2) is 26.3 Å².